The number of nitrogens with one attached hydrogen (secondary N) is 2. The SMILES string of the molecule is C=CCOc1cccc(NC(=S)NCc2ccccc2-n2ccnc2C)c1. The van der Waals surface area contributed by atoms with Crippen molar-refractivity contribution < 1.29 is 4.74 Å². The Labute approximate surface area is 164 Å². The summed E-state index contributed by atoms with van der Waals surface area (Å²) in [6, 6.07) is 15.8. The van der Waals surface area contributed by atoms with Crippen molar-refractivity contribution in [3.8, 4) is 11.4 Å². The smallest absolute Gasteiger partial charge is 0.171 e. The fourth-order valence-corrected chi connectivity index (χ4v) is 2.89. The van der Waals surface area contributed by atoms with Gasteiger partial charge in [0, 0.05) is 30.7 Å². The van der Waals surface area contributed by atoms with E-state index in [0.717, 1.165) is 28.5 Å². The van der Waals surface area contributed by atoms with Gasteiger partial charge in [0.05, 0.1) is 5.69 Å². The third kappa shape index (κ3) is 4.95. The molecule has 3 aromatic rings. The van der Waals surface area contributed by atoms with Crippen LogP contribution in [-0.2, 0) is 6.54 Å². The van der Waals surface area contributed by atoms with Crippen LogP contribution in [0.2, 0.25) is 0 Å². The molecule has 0 saturated heterocycles. The standard InChI is InChI=1S/C21H22N4OS/c1-3-13-26-19-9-6-8-18(14-19)24-21(27)23-15-17-7-4-5-10-20(17)25-12-11-22-16(25)2/h3-12,14H,1,13,15H2,2H3,(H2,23,24,27). The summed E-state index contributed by atoms with van der Waals surface area (Å²) < 4.78 is 7.61. The number of hydrogen-bond donors (Lipinski definition) is 2. The van der Waals surface area contributed by atoms with Gasteiger partial charge in [-0.2, -0.15) is 0 Å². The molecule has 0 amide bonds. The van der Waals surface area contributed by atoms with E-state index in [9.17, 15) is 0 Å². The number of ether oxygens (including phenoxy) is 1. The highest BCUT2D eigenvalue weighted by Crippen LogP contribution is 2.18. The third-order valence-corrected chi connectivity index (χ3v) is 4.22. The number of rotatable bonds is 7. The van der Waals surface area contributed by atoms with Crippen LogP contribution in [0.25, 0.3) is 5.69 Å². The van der Waals surface area contributed by atoms with E-state index >= 15 is 0 Å². The molecule has 0 aliphatic carbocycles. The van der Waals surface area contributed by atoms with Crippen LogP contribution in [0, 0.1) is 6.92 Å². The van der Waals surface area contributed by atoms with Gasteiger partial charge in [-0.3, -0.25) is 0 Å². The average molecular weight is 379 g/mol. The number of para-hydroxylation sites is 1. The first-order valence-electron chi connectivity index (χ1n) is 8.64. The second kappa shape index (κ2) is 9.00. The Bertz CT molecular complexity index is 935. The van der Waals surface area contributed by atoms with Crippen LogP contribution in [0.1, 0.15) is 11.4 Å². The Morgan fingerprint density at radius 1 is 1.26 bits per heavy atom. The summed E-state index contributed by atoms with van der Waals surface area (Å²) >= 11 is 5.44. The summed E-state index contributed by atoms with van der Waals surface area (Å²) in [5, 5.41) is 7.00. The Hall–Kier alpha value is -3.12. The molecule has 0 aliphatic rings. The number of anilines is 1. The van der Waals surface area contributed by atoms with Gasteiger partial charge in [-0.25, -0.2) is 4.98 Å². The Balaban J connectivity index is 1.64. The lowest BCUT2D eigenvalue weighted by molar-refractivity contribution is 0.363. The molecule has 2 N–H and O–H groups in total. The molecule has 0 fully saturated rings. The van der Waals surface area contributed by atoms with E-state index in [0.29, 0.717) is 18.3 Å². The predicted octanol–water partition coefficient (Wildman–Crippen LogP) is 4.23. The zero-order valence-electron chi connectivity index (χ0n) is 15.2. The molecule has 0 unspecified atom stereocenters. The summed E-state index contributed by atoms with van der Waals surface area (Å²) in [7, 11) is 0. The summed E-state index contributed by atoms with van der Waals surface area (Å²) in [5.74, 6) is 1.71. The number of hydrogen-bond acceptors (Lipinski definition) is 3. The number of aromatic nitrogens is 2. The number of nitrogens with zero attached hydrogens (tertiary/aromatic N) is 2. The van der Waals surface area contributed by atoms with E-state index in [1.54, 1.807) is 12.3 Å². The minimum absolute atomic E-state index is 0.469. The molecule has 1 heterocycles. The van der Waals surface area contributed by atoms with Crippen molar-refractivity contribution in [1.82, 2.24) is 14.9 Å². The Morgan fingerprint density at radius 2 is 2.11 bits per heavy atom. The summed E-state index contributed by atoms with van der Waals surface area (Å²) in [5.41, 5.74) is 3.08. The fraction of sp³-hybridized carbons (Fsp3) is 0.143. The highest BCUT2D eigenvalue weighted by atomic mass is 32.1. The van der Waals surface area contributed by atoms with E-state index in [4.69, 9.17) is 17.0 Å². The van der Waals surface area contributed by atoms with Gasteiger partial charge < -0.3 is 19.9 Å². The lowest BCUT2D eigenvalue weighted by Gasteiger charge is -2.15. The average Bonchev–Trinajstić information content (AvgIpc) is 3.11. The van der Waals surface area contributed by atoms with Crippen molar-refractivity contribution in [3.05, 3.63) is 85.0 Å². The molecule has 0 spiro atoms. The van der Waals surface area contributed by atoms with Crippen LogP contribution in [0.4, 0.5) is 5.69 Å². The molecule has 138 valence electrons. The number of benzene rings is 2. The quantitative estimate of drug-likeness (QED) is 0.476. The molecule has 1 aromatic heterocycles. The Morgan fingerprint density at radius 3 is 2.89 bits per heavy atom. The fourth-order valence-electron chi connectivity index (χ4n) is 2.70. The van der Waals surface area contributed by atoms with E-state index in [2.05, 4.69) is 38.9 Å². The maximum absolute atomic E-state index is 5.54. The van der Waals surface area contributed by atoms with Gasteiger partial charge in [0.1, 0.15) is 18.2 Å². The Kier molecular flexibility index (Phi) is 6.22. The predicted molar refractivity (Wildman–Crippen MR) is 113 cm³/mol. The summed E-state index contributed by atoms with van der Waals surface area (Å²) in [4.78, 5) is 4.30. The first kappa shape index (κ1) is 18.7. The van der Waals surface area contributed by atoms with Crippen molar-refractivity contribution in [2.24, 2.45) is 0 Å². The summed E-state index contributed by atoms with van der Waals surface area (Å²) in [6.07, 6.45) is 5.47. The van der Waals surface area contributed by atoms with Crippen molar-refractivity contribution in [2.75, 3.05) is 11.9 Å². The van der Waals surface area contributed by atoms with Gasteiger partial charge in [0.15, 0.2) is 5.11 Å². The minimum atomic E-state index is 0.469. The molecule has 0 bridgehead atoms. The normalized spacial score (nSPS) is 10.3. The summed E-state index contributed by atoms with van der Waals surface area (Å²) in [6.45, 7) is 6.71. The molecule has 0 atom stereocenters. The molecule has 2 aromatic carbocycles. The monoisotopic (exact) mass is 378 g/mol. The van der Waals surface area contributed by atoms with Crippen LogP contribution in [0.3, 0.4) is 0 Å². The lowest BCUT2D eigenvalue weighted by Crippen LogP contribution is -2.28. The molecule has 0 radical (unpaired) electrons. The molecule has 27 heavy (non-hydrogen) atoms. The van der Waals surface area contributed by atoms with E-state index in [1.165, 1.54) is 0 Å². The van der Waals surface area contributed by atoms with Crippen LogP contribution in [-0.4, -0.2) is 21.3 Å². The molecule has 0 saturated carbocycles. The van der Waals surface area contributed by atoms with E-state index in [1.807, 2.05) is 49.5 Å². The largest absolute Gasteiger partial charge is 0.489 e. The number of aryl methyl sites for hydroxylation is 1. The van der Waals surface area contributed by atoms with Gasteiger partial charge in [0.2, 0.25) is 0 Å². The van der Waals surface area contributed by atoms with Crippen molar-refractivity contribution in [3.63, 3.8) is 0 Å². The zero-order valence-corrected chi connectivity index (χ0v) is 16.0. The number of imidazole rings is 1. The van der Waals surface area contributed by atoms with Crippen molar-refractivity contribution in [1.29, 1.82) is 0 Å². The van der Waals surface area contributed by atoms with Gasteiger partial charge >= 0.3 is 0 Å². The molecule has 5 nitrogen and oxygen atoms in total. The van der Waals surface area contributed by atoms with E-state index < -0.39 is 0 Å². The maximum atomic E-state index is 5.54. The van der Waals surface area contributed by atoms with Gasteiger partial charge in [-0.1, -0.05) is 36.9 Å². The van der Waals surface area contributed by atoms with Crippen LogP contribution in [0.15, 0.2) is 73.6 Å². The third-order valence-electron chi connectivity index (χ3n) is 3.98. The minimum Gasteiger partial charge on any atom is -0.489 e. The first-order valence-corrected chi connectivity index (χ1v) is 9.05. The number of thiocarbonyl (C=S) groups is 1. The topological polar surface area (TPSA) is 51.1 Å². The lowest BCUT2D eigenvalue weighted by atomic mass is 10.1. The van der Waals surface area contributed by atoms with Gasteiger partial charge in [-0.15, -0.1) is 0 Å². The first-order chi connectivity index (χ1) is 13.2. The molecular weight excluding hydrogens is 356 g/mol. The van der Waals surface area contributed by atoms with Crippen LogP contribution < -0.4 is 15.4 Å². The molecule has 3 rings (SSSR count). The van der Waals surface area contributed by atoms with Crippen molar-refractivity contribution >= 4 is 23.0 Å². The van der Waals surface area contributed by atoms with Gasteiger partial charge in [-0.05, 0) is 42.9 Å². The van der Waals surface area contributed by atoms with Gasteiger partial charge in [0.25, 0.3) is 0 Å². The second-order valence-corrected chi connectivity index (χ2v) is 6.32. The maximum Gasteiger partial charge on any atom is 0.171 e. The van der Waals surface area contributed by atoms with Crippen LogP contribution in [0.5, 0.6) is 5.75 Å². The highest BCUT2D eigenvalue weighted by molar-refractivity contribution is 7.80. The second-order valence-electron chi connectivity index (χ2n) is 5.91. The van der Waals surface area contributed by atoms with Crippen molar-refractivity contribution in [2.45, 2.75) is 13.5 Å². The molecule has 6 heteroatoms. The molecular formula is C21H22N4OS. The molecule has 0 aliphatic heterocycles. The zero-order chi connectivity index (χ0) is 19.1. The van der Waals surface area contributed by atoms with E-state index in [-0.39, 0.29) is 0 Å². The van der Waals surface area contributed by atoms with Crippen LogP contribution >= 0.6 is 12.2 Å². The highest BCUT2D eigenvalue weighted by Gasteiger charge is 2.07.